The largest absolute Gasteiger partial charge is 0.326 e. The topological polar surface area (TPSA) is 92.3 Å². The van der Waals surface area contributed by atoms with Crippen molar-refractivity contribution in [2.24, 2.45) is 5.92 Å². The van der Waals surface area contributed by atoms with Gasteiger partial charge in [0.1, 0.15) is 0 Å². The third-order valence-electron chi connectivity index (χ3n) is 5.67. The monoisotopic (exact) mass is 456 g/mol. The van der Waals surface area contributed by atoms with Crippen LogP contribution in [0.5, 0.6) is 0 Å². The molecular weight excluding hydrogens is 436 g/mol. The highest BCUT2D eigenvalue weighted by Crippen LogP contribution is 2.32. The van der Waals surface area contributed by atoms with Crippen LogP contribution in [-0.4, -0.2) is 29.1 Å². The van der Waals surface area contributed by atoms with E-state index in [9.17, 15) is 19.2 Å². The van der Waals surface area contributed by atoms with Crippen LogP contribution in [0.25, 0.3) is 0 Å². The van der Waals surface area contributed by atoms with Crippen molar-refractivity contribution in [3.63, 3.8) is 0 Å². The van der Waals surface area contributed by atoms with Gasteiger partial charge in [0.05, 0.1) is 17.0 Å². The molecule has 0 unspecified atom stereocenters. The second-order valence-electron chi connectivity index (χ2n) is 8.06. The normalized spacial score (nSPS) is 14.3. The first-order valence-corrected chi connectivity index (χ1v) is 11.6. The van der Waals surface area contributed by atoms with Crippen LogP contribution in [0.15, 0.2) is 71.6 Å². The summed E-state index contributed by atoms with van der Waals surface area (Å²) in [7, 11) is 0. The summed E-state index contributed by atoms with van der Waals surface area (Å²) in [5.41, 5.74) is 2.33. The summed E-state index contributed by atoms with van der Waals surface area (Å²) in [5.74, 6) is -0.444. The van der Waals surface area contributed by atoms with Crippen LogP contribution in [0.3, 0.4) is 0 Å². The molecule has 5 rings (SSSR count). The Hall–Kier alpha value is -3.71. The molecule has 3 aromatic carbocycles. The van der Waals surface area contributed by atoms with Gasteiger partial charge in [0, 0.05) is 33.2 Å². The Morgan fingerprint density at radius 3 is 2.15 bits per heavy atom. The molecule has 0 bridgehead atoms. The fraction of sp³-hybridized carbons (Fsp3) is 0.154. The summed E-state index contributed by atoms with van der Waals surface area (Å²) in [4.78, 5) is 51.2. The van der Waals surface area contributed by atoms with Crippen molar-refractivity contribution in [2.45, 2.75) is 17.7 Å². The molecule has 0 atom stereocenters. The van der Waals surface area contributed by atoms with Gasteiger partial charge in [-0.05, 0) is 43.2 Å². The van der Waals surface area contributed by atoms with Gasteiger partial charge >= 0.3 is 0 Å². The second-order valence-corrected chi connectivity index (χ2v) is 9.11. The fourth-order valence-corrected chi connectivity index (χ4v) is 4.51. The van der Waals surface area contributed by atoms with Gasteiger partial charge in [-0.2, -0.15) is 0 Å². The number of thioether (sulfide) groups is 1. The van der Waals surface area contributed by atoms with Crippen LogP contribution in [0.4, 0.5) is 11.4 Å². The smallest absolute Gasteiger partial charge is 0.234 e. The van der Waals surface area contributed by atoms with Gasteiger partial charge in [0.25, 0.3) is 0 Å². The maximum absolute atomic E-state index is 13.1. The van der Waals surface area contributed by atoms with Gasteiger partial charge in [-0.15, -0.1) is 11.8 Å². The van der Waals surface area contributed by atoms with Gasteiger partial charge in [-0.1, -0.05) is 36.4 Å². The predicted molar refractivity (Wildman–Crippen MR) is 127 cm³/mol. The van der Waals surface area contributed by atoms with E-state index in [0.717, 1.165) is 23.4 Å². The number of rotatable bonds is 6. The Morgan fingerprint density at radius 2 is 1.45 bits per heavy atom. The summed E-state index contributed by atoms with van der Waals surface area (Å²) in [6.07, 6.45) is 1.90. The third-order valence-corrected chi connectivity index (χ3v) is 6.68. The SMILES string of the molecule is O=C(CSc1ccc(NC(=O)C2CC2)cc1)Nc1cccc2c1C(=O)c1ccccc1C2=O. The molecule has 0 heterocycles. The standard InChI is InChI=1S/C26H20N2O4S/c29-22(14-33-17-12-10-16(11-13-17)27-26(32)15-8-9-15)28-21-7-3-6-20-23(21)25(31)19-5-2-1-4-18(19)24(20)30/h1-7,10-13,15H,8-9,14H2,(H,27,32)(H,28,29). The van der Waals surface area contributed by atoms with Gasteiger partial charge in [0.15, 0.2) is 11.6 Å². The summed E-state index contributed by atoms with van der Waals surface area (Å²) < 4.78 is 0. The summed E-state index contributed by atoms with van der Waals surface area (Å²) in [6, 6.07) is 19.0. The highest BCUT2D eigenvalue weighted by molar-refractivity contribution is 8.00. The molecule has 7 heteroatoms. The van der Waals surface area contributed by atoms with E-state index in [-0.39, 0.29) is 40.6 Å². The van der Waals surface area contributed by atoms with E-state index in [2.05, 4.69) is 10.6 Å². The van der Waals surface area contributed by atoms with E-state index in [1.807, 2.05) is 24.3 Å². The molecule has 0 aliphatic heterocycles. The summed E-state index contributed by atoms with van der Waals surface area (Å²) in [5, 5.41) is 5.67. The van der Waals surface area contributed by atoms with E-state index in [1.54, 1.807) is 42.5 Å². The molecular formula is C26H20N2O4S. The van der Waals surface area contributed by atoms with Crippen molar-refractivity contribution in [3.05, 3.63) is 89.0 Å². The molecule has 0 radical (unpaired) electrons. The first-order valence-electron chi connectivity index (χ1n) is 10.7. The van der Waals surface area contributed by atoms with Crippen molar-refractivity contribution < 1.29 is 19.2 Å². The van der Waals surface area contributed by atoms with Gasteiger partial charge in [-0.25, -0.2) is 0 Å². The quantitative estimate of drug-likeness (QED) is 0.416. The van der Waals surface area contributed by atoms with Crippen LogP contribution in [0.2, 0.25) is 0 Å². The molecule has 0 saturated heterocycles. The van der Waals surface area contributed by atoms with Gasteiger partial charge < -0.3 is 10.6 Å². The highest BCUT2D eigenvalue weighted by atomic mass is 32.2. The number of anilines is 2. The van der Waals surface area contributed by atoms with Crippen molar-refractivity contribution in [1.29, 1.82) is 0 Å². The van der Waals surface area contributed by atoms with Gasteiger partial charge in [-0.3, -0.25) is 19.2 Å². The fourth-order valence-electron chi connectivity index (χ4n) is 3.81. The number of nitrogens with one attached hydrogen (secondary N) is 2. The van der Waals surface area contributed by atoms with Crippen LogP contribution in [-0.2, 0) is 9.59 Å². The third kappa shape index (κ3) is 4.32. The number of fused-ring (bicyclic) bond motifs is 2. The van der Waals surface area contributed by atoms with Crippen LogP contribution in [0, 0.1) is 5.92 Å². The maximum atomic E-state index is 13.1. The molecule has 2 amide bonds. The predicted octanol–water partition coefficient (Wildman–Crippen LogP) is 4.54. The zero-order chi connectivity index (χ0) is 22.9. The Labute approximate surface area is 194 Å². The van der Waals surface area contributed by atoms with E-state index in [0.29, 0.717) is 22.4 Å². The first kappa shape index (κ1) is 21.2. The van der Waals surface area contributed by atoms with E-state index in [1.165, 1.54) is 11.8 Å². The molecule has 0 spiro atoms. The van der Waals surface area contributed by atoms with Crippen molar-refractivity contribution >= 4 is 46.5 Å². The maximum Gasteiger partial charge on any atom is 0.234 e. The summed E-state index contributed by atoms with van der Waals surface area (Å²) >= 11 is 1.34. The number of carbonyl (C=O) groups is 4. The number of hydrogen-bond donors (Lipinski definition) is 2. The van der Waals surface area contributed by atoms with E-state index < -0.39 is 0 Å². The van der Waals surface area contributed by atoms with Crippen LogP contribution >= 0.6 is 11.8 Å². The minimum absolute atomic E-state index is 0.0524. The highest BCUT2D eigenvalue weighted by Gasteiger charge is 2.32. The lowest BCUT2D eigenvalue weighted by Crippen LogP contribution is -2.24. The zero-order valence-electron chi connectivity index (χ0n) is 17.6. The van der Waals surface area contributed by atoms with Crippen molar-refractivity contribution in [1.82, 2.24) is 0 Å². The number of carbonyl (C=O) groups excluding carboxylic acids is 4. The average molecular weight is 457 g/mol. The molecule has 33 heavy (non-hydrogen) atoms. The minimum Gasteiger partial charge on any atom is -0.326 e. The number of hydrogen-bond acceptors (Lipinski definition) is 5. The molecule has 0 aromatic heterocycles. The molecule has 3 aromatic rings. The van der Waals surface area contributed by atoms with Crippen LogP contribution < -0.4 is 10.6 Å². The van der Waals surface area contributed by atoms with E-state index in [4.69, 9.17) is 0 Å². The first-order chi connectivity index (χ1) is 16.0. The van der Waals surface area contributed by atoms with Crippen LogP contribution in [0.1, 0.15) is 44.7 Å². The lowest BCUT2D eigenvalue weighted by Gasteiger charge is -2.20. The molecule has 2 aliphatic carbocycles. The van der Waals surface area contributed by atoms with Crippen molar-refractivity contribution in [3.8, 4) is 0 Å². The minimum atomic E-state index is -0.279. The second kappa shape index (κ2) is 8.67. The van der Waals surface area contributed by atoms with E-state index >= 15 is 0 Å². The Morgan fingerprint density at radius 1 is 0.788 bits per heavy atom. The molecule has 2 N–H and O–H groups in total. The Kier molecular flexibility index (Phi) is 5.56. The molecule has 1 saturated carbocycles. The lowest BCUT2D eigenvalue weighted by molar-refractivity contribution is -0.117. The number of ketones is 2. The zero-order valence-corrected chi connectivity index (χ0v) is 18.4. The molecule has 2 aliphatic rings. The molecule has 1 fully saturated rings. The Balaban J connectivity index is 1.25. The molecule has 164 valence electrons. The summed E-state index contributed by atoms with van der Waals surface area (Å²) in [6.45, 7) is 0. The average Bonchev–Trinajstić information content (AvgIpc) is 3.68. The lowest BCUT2D eigenvalue weighted by atomic mass is 9.83. The van der Waals surface area contributed by atoms with Gasteiger partial charge in [0.2, 0.25) is 11.8 Å². The van der Waals surface area contributed by atoms with Crippen molar-refractivity contribution in [2.75, 3.05) is 16.4 Å². The molecule has 6 nitrogen and oxygen atoms in total. The Bertz CT molecular complexity index is 1300. The number of benzene rings is 3. The number of amides is 2.